The fraction of sp³-hybridized carbons (Fsp3) is 0.167. The van der Waals surface area contributed by atoms with Gasteiger partial charge in [0.15, 0.2) is 0 Å². The molecule has 0 aliphatic heterocycles. The third kappa shape index (κ3) is 2.33. The molecule has 84 valence electrons. The second-order valence-corrected chi connectivity index (χ2v) is 5.59. The van der Waals surface area contributed by atoms with Crippen LogP contribution in [0.5, 0.6) is 0 Å². The van der Waals surface area contributed by atoms with Crippen molar-refractivity contribution in [3.05, 3.63) is 55.6 Å². The van der Waals surface area contributed by atoms with Gasteiger partial charge in [0.2, 0.25) is 0 Å². The Bertz CT molecular complexity index is 470. The Kier molecular flexibility index (Phi) is 4.03. The summed E-state index contributed by atoms with van der Waals surface area (Å²) >= 11 is 11.5. The van der Waals surface area contributed by atoms with Gasteiger partial charge in [0, 0.05) is 9.35 Å². The van der Waals surface area contributed by atoms with Crippen molar-refractivity contribution in [3.63, 3.8) is 0 Å². The fourth-order valence-corrected chi connectivity index (χ4v) is 3.12. The van der Waals surface area contributed by atoms with Crippen molar-refractivity contribution in [2.24, 2.45) is 0 Å². The topological polar surface area (TPSA) is 12.0 Å². The zero-order valence-corrected chi connectivity index (χ0v) is 11.9. The van der Waals surface area contributed by atoms with E-state index in [2.05, 4.69) is 38.8 Å². The van der Waals surface area contributed by atoms with Crippen LogP contribution in [0.2, 0.25) is 5.02 Å². The van der Waals surface area contributed by atoms with Crippen LogP contribution in [0.4, 0.5) is 0 Å². The summed E-state index contributed by atoms with van der Waals surface area (Å²) in [7, 11) is 1.95. The monoisotopic (exact) mass is 315 g/mol. The third-order valence-corrected chi connectivity index (χ3v) is 4.66. The molecule has 1 aromatic carbocycles. The van der Waals surface area contributed by atoms with Gasteiger partial charge in [-0.1, -0.05) is 29.8 Å². The molecule has 1 unspecified atom stereocenters. The number of thiophene rings is 1. The van der Waals surface area contributed by atoms with Crippen molar-refractivity contribution >= 4 is 38.9 Å². The maximum absolute atomic E-state index is 6.30. The average Bonchev–Trinajstić information content (AvgIpc) is 2.79. The number of hydrogen-bond donors (Lipinski definition) is 1. The van der Waals surface area contributed by atoms with Crippen molar-refractivity contribution in [3.8, 4) is 0 Å². The van der Waals surface area contributed by atoms with Crippen LogP contribution in [-0.2, 0) is 0 Å². The normalized spacial score (nSPS) is 12.7. The van der Waals surface area contributed by atoms with Crippen molar-refractivity contribution in [2.75, 3.05) is 7.05 Å². The highest BCUT2D eigenvalue weighted by Crippen LogP contribution is 2.34. The second kappa shape index (κ2) is 5.32. The Balaban J connectivity index is 2.45. The molecule has 16 heavy (non-hydrogen) atoms. The molecule has 1 aromatic heterocycles. The van der Waals surface area contributed by atoms with E-state index in [1.807, 2.05) is 25.2 Å². The molecule has 0 aliphatic carbocycles. The third-order valence-electron chi connectivity index (χ3n) is 2.41. The highest BCUT2D eigenvalue weighted by Gasteiger charge is 2.16. The van der Waals surface area contributed by atoms with Crippen LogP contribution in [-0.4, -0.2) is 7.05 Å². The SMILES string of the molecule is CNC(c1cccs1)c1cccc(Br)c1Cl. The van der Waals surface area contributed by atoms with E-state index >= 15 is 0 Å². The maximum atomic E-state index is 6.30. The van der Waals surface area contributed by atoms with Gasteiger partial charge in [0.05, 0.1) is 11.1 Å². The van der Waals surface area contributed by atoms with Crippen LogP contribution >= 0.6 is 38.9 Å². The highest BCUT2D eigenvalue weighted by molar-refractivity contribution is 9.10. The van der Waals surface area contributed by atoms with E-state index in [0.717, 1.165) is 15.1 Å². The summed E-state index contributed by atoms with van der Waals surface area (Å²) in [6.07, 6.45) is 0. The molecule has 4 heteroatoms. The average molecular weight is 317 g/mol. The summed E-state index contributed by atoms with van der Waals surface area (Å²) in [6.45, 7) is 0. The molecule has 1 nitrogen and oxygen atoms in total. The quantitative estimate of drug-likeness (QED) is 0.881. The first kappa shape index (κ1) is 12.1. The fourth-order valence-electron chi connectivity index (χ4n) is 1.65. The molecular weight excluding hydrogens is 306 g/mol. The summed E-state index contributed by atoms with van der Waals surface area (Å²) in [6, 6.07) is 10.3. The second-order valence-electron chi connectivity index (χ2n) is 3.38. The Hall–Kier alpha value is -0.350. The van der Waals surface area contributed by atoms with Crippen LogP contribution in [0.25, 0.3) is 0 Å². The molecule has 0 saturated carbocycles. The molecule has 0 radical (unpaired) electrons. The lowest BCUT2D eigenvalue weighted by Gasteiger charge is -2.17. The number of nitrogens with one attached hydrogen (secondary N) is 1. The summed E-state index contributed by atoms with van der Waals surface area (Å²) < 4.78 is 0.934. The van der Waals surface area contributed by atoms with Crippen molar-refractivity contribution in [1.82, 2.24) is 5.32 Å². The maximum Gasteiger partial charge on any atom is 0.0683 e. The number of halogens is 2. The van der Waals surface area contributed by atoms with Gasteiger partial charge in [-0.05, 0) is 46.1 Å². The van der Waals surface area contributed by atoms with E-state index in [0.29, 0.717) is 0 Å². The summed E-state index contributed by atoms with van der Waals surface area (Å²) in [5, 5.41) is 6.14. The van der Waals surface area contributed by atoms with Gasteiger partial charge in [-0.2, -0.15) is 0 Å². The molecule has 0 aliphatic rings. The van der Waals surface area contributed by atoms with E-state index in [1.165, 1.54) is 4.88 Å². The lowest BCUT2D eigenvalue weighted by atomic mass is 10.1. The van der Waals surface area contributed by atoms with Gasteiger partial charge >= 0.3 is 0 Å². The molecule has 0 saturated heterocycles. The standard InChI is InChI=1S/C12H11BrClNS/c1-15-12(10-6-3-7-16-10)8-4-2-5-9(13)11(8)14/h2-7,12,15H,1H3. The van der Waals surface area contributed by atoms with Crippen molar-refractivity contribution in [2.45, 2.75) is 6.04 Å². The Morgan fingerprint density at radius 2 is 2.12 bits per heavy atom. The van der Waals surface area contributed by atoms with Crippen LogP contribution in [0.3, 0.4) is 0 Å². The molecule has 1 atom stereocenters. The van der Waals surface area contributed by atoms with Gasteiger partial charge in [-0.3, -0.25) is 0 Å². The molecule has 2 rings (SSSR count). The van der Waals surface area contributed by atoms with E-state index in [-0.39, 0.29) is 6.04 Å². The highest BCUT2D eigenvalue weighted by atomic mass is 79.9. The smallest absolute Gasteiger partial charge is 0.0683 e. The minimum Gasteiger partial charge on any atom is -0.309 e. The first-order valence-electron chi connectivity index (χ1n) is 4.88. The van der Waals surface area contributed by atoms with E-state index in [4.69, 9.17) is 11.6 Å². The van der Waals surface area contributed by atoms with Crippen molar-refractivity contribution < 1.29 is 0 Å². The van der Waals surface area contributed by atoms with E-state index in [1.54, 1.807) is 11.3 Å². The summed E-state index contributed by atoms with van der Waals surface area (Å²) in [5.41, 5.74) is 1.10. The zero-order chi connectivity index (χ0) is 11.5. The molecule has 1 N–H and O–H groups in total. The molecule has 0 bridgehead atoms. The minimum absolute atomic E-state index is 0.157. The number of rotatable bonds is 3. The lowest BCUT2D eigenvalue weighted by Crippen LogP contribution is -2.16. The first-order chi connectivity index (χ1) is 7.74. The van der Waals surface area contributed by atoms with Gasteiger partial charge in [-0.15, -0.1) is 11.3 Å². The van der Waals surface area contributed by atoms with Gasteiger partial charge < -0.3 is 5.32 Å². The van der Waals surface area contributed by atoms with Crippen LogP contribution in [0, 0.1) is 0 Å². The van der Waals surface area contributed by atoms with E-state index < -0.39 is 0 Å². The van der Waals surface area contributed by atoms with E-state index in [9.17, 15) is 0 Å². The first-order valence-corrected chi connectivity index (χ1v) is 6.93. The van der Waals surface area contributed by atoms with Crippen LogP contribution < -0.4 is 5.32 Å². The molecule has 0 fully saturated rings. The van der Waals surface area contributed by atoms with Crippen molar-refractivity contribution in [1.29, 1.82) is 0 Å². The van der Waals surface area contributed by atoms with Gasteiger partial charge in [0.25, 0.3) is 0 Å². The molecule has 2 aromatic rings. The predicted molar refractivity (Wildman–Crippen MR) is 74.4 cm³/mol. The minimum atomic E-state index is 0.157. The number of hydrogen-bond acceptors (Lipinski definition) is 2. The lowest BCUT2D eigenvalue weighted by molar-refractivity contribution is 0.704. The summed E-state index contributed by atoms with van der Waals surface area (Å²) in [4.78, 5) is 1.27. The number of benzene rings is 1. The largest absolute Gasteiger partial charge is 0.309 e. The summed E-state index contributed by atoms with van der Waals surface area (Å²) in [5.74, 6) is 0. The van der Waals surface area contributed by atoms with Gasteiger partial charge in [-0.25, -0.2) is 0 Å². The molecule has 0 amide bonds. The molecule has 1 heterocycles. The Morgan fingerprint density at radius 1 is 1.31 bits per heavy atom. The Labute approximate surface area is 113 Å². The van der Waals surface area contributed by atoms with Crippen LogP contribution in [0.15, 0.2) is 40.2 Å². The van der Waals surface area contributed by atoms with Gasteiger partial charge in [0.1, 0.15) is 0 Å². The predicted octanol–water partition coefficient (Wildman–Crippen LogP) is 4.47. The Morgan fingerprint density at radius 3 is 2.75 bits per heavy atom. The molecule has 0 spiro atoms. The van der Waals surface area contributed by atoms with Crippen LogP contribution in [0.1, 0.15) is 16.5 Å². The molecular formula is C12H11BrClNS. The zero-order valence-electron chi connectivity index (χ0n) is 8.71.